The molecule has 2 amide bonds. The molecule has 3 aromatic rings. The quantitative estimate of drug-likeness (QED) is 0.622. The average Bonchev–Trinajstić information content (AvgIpc) is 2.67. The number of hydrogen-bond acceptors (Lipinski definition) is 6. The van der Waals surface area contributed by atoms with Crippen molar-refractivity contribution in [1.29, 1.82) is 0 Å². The minimum Gasteiger partial charge on any atom is -0.348 e. The third-order valence-electron chi connectivity index (χ3n) is 3.56. The van der Waals surface area contributed by atoms with Crippen LogP contribution in [0.1, 0.15) is 22.8 Å². The number of hydrogen-bond donors (Lipinski definition) is 3. The summed E-state index contributed by atoms with van der Waals surface area (Å²) in [4.78, 5) is 35.6. The number of carbonyl (C=O) groups excluding carboxylic acids is 2. The Morgan fingerprint density at radius 3 is 2.41 bits per heavy atom. The van der Waals surface area contributed by atoms with E-state index in [4.69, 9.17) is 0 Å². The molecule has 1 aromatic carbocycles. The predicted molar refractivity (Wildman–Crippen MR) is 101 cm³/mol. The van der Waals surface area contributed by atoms with E-state index in [1.54, 1.807) is 30.6 Å². The van der Waals surface area contributed by atoms with Crippen LogP contribution < -0.4 is 16.0 Å². The summed E-state index contributed by atoms with van der Waals surface area (Å²) in [6.07, 6.45) is 6.25. The normalized spacial score (nSPS) is 10.1. The first-order valence-electron chi connectivity index (χ1n) is 8.24. The molecular formula is C19H18N6O2. The van der Waals surface area contributed by atoms with Gasteiger partial charge < -0.3 is 16.0 Å². The highest BCUT2D eigenvalue weighted by Crippen LogP contribution is 2.18. The fraction of sp³-hybridized carbons (Fsp3) is 0.105. The summed E-state index contributed by atoms with van der Waals surface area (Å²) in [7, 11) is 0. The first-order chi connectivity index (χ1) is 13.1. The lowest BCUT2D eigenvalue weighted by Gasteiger charge is -2.08. The van der Waals surface area contributed by atoms with E-state index in [9.17, 15) is 9.59 Å². The maximum absolute atomic E-state index is 12.2. The van der Waals surface area contributed by atoms with Gasteiger partial charge in [-0.15, -0.1) is 0 Å². The second-order valence-corrected chi connectivity index (χ2v) is 5.72. The summed E-state index contributed by atoms with van der Waals surface area (Å²) in [5.74, 6) is -0.0581. The molecule has 8 heteroatoms. The third kappa shape index (κ3) is 5.33. The number of benzene rings is 1. The van der Waals surface area contributed by atoms with Gasteiger partial charge in [0.25, 0.3) is 5.91 Å². The second-order valence-electron chi connectivity index (χ2n) is 5.72. The van der Waals surface area contributed by atoms with Gasteiger partial charge in [-0.1, -0.05) is 6.07 Å². The van der Waals surface area contributed by atoms with E-state index in [1.807, 2.05) is 18.2 Å². The van der Waals surface area contributed by atoms with Crippen LogP contribution in [0.15, 0.2) is 61.2 Å². The van der Waals surface area contributed by atoms with Gasteiger partial charge in [0.2, 0.25) is 11.9 Å². The lowest BCUT2D eigenvalue weighted by molar-refractivity contribution is -0.114. The van der Waals surface area contributed by atoms with Gasteiger partial charge in [0.1, 0.15) is 0 Å². The van der Waals surface area contributed by atoms with Gasteiger partial charge in [-0.3, -0.25) is 14.6 Å². The van der Waals surface area contributed by atoms with Crippen LogP contribution >= 0.6 is 0 Å². The zero-order chi connectivity index (χ0) is 19.1. The van der Waals surface area contributed by atoms with Gasteiger partial charge in [0, 0.05) is 49.6 Å². The number of nitrogens with zero attached hydrogens (tertiary/aromatic N) is 3. The van der Waals surface area contributed by atoms with Crippen LogP contribution in [-0.4, -0.2) is 26.8 Å². The second kappa shape index (κ2) is 8.52. The minimum absolute atomic E-state index is 0.148. The molecule has 0 fully saturated rings. The van der Waals surface area contributed by atoms with Crippen LogP contribution in [0, 0.1) is 0 Å². The monoisotopic (exact) mass is 362 g/mol. The van der Waals surface area contributed by atoms with Crippen LogP contribution in [-0.2, 0) is 11.3 Å². The van der Waals surface area contributed by atoms with Crippen LogP contribution in [0.25, 0.3) is 0 Å². The van der Waals surface area contributed by atoms with Gasteiger partial charge in [0.15, 0.2) is 0 Å². The fourth-order valence-corrected chi connectivity index (χ4v) is 2.30. The third-order valence-corrected chi connectivity index (χ3v) is 3.56. The molecule has 0 aliphatic carbocycles. The van der Waals surface area contributed by atoms with Crippen molar-refractivity contribution >= 4 is 29.1 Å². The Balaban J connectivity index is 1.60. The SMILES string of the molecule is CC(=O)Nc1cccc(Nc2ncc(C(=O)NCc3ccncc3)cn2)c1. The van der Waals surface area contributed by atoms with Crippen molar-refractivity contribution < 1.29 is 9.59 Å². The summed E-state index contributed by atoms with van der Waals surface area (Å²) < 4.78 is 0. The van der Waals surface area contributed by atoms with E-state index < -0.39 is 0 Å². The first-order valence-corrected chi connectivity index (χ1v) is 8.24. The molecule has 0 aliphatic heterocycles. The Bertz CT molecular complexity index is 928. The predicted octanol–water partition coefficient (Wildman–Crippen LogP) is 2.50. The smallest absolute Gasteiger partial charge is 0.254 e. The molecule has 0 aliphatic rings. The zero-order valence-corrected chi connectivity index (χ0v) is 14.6. The van der Waals surface area contributed by atoms with Crippen LogP contribution in [0.4, 0.5) is 17.3 Å². The molecule has 0 spiro atoms. The van der Waals surface area contributed by atoms with E-state index in [1.165, 1.54) is 19.3 Å². The zero-order valence-electron chi connectivity index (χ0n) is 14.6. The molecule has 0 bridgehead atoms. The molecule has 8 nitrogen and oxygen atoms in total. The summed E-state index contributed by atoms with van der Waals surface area (Å²) in [5, 5.41) is 8.54. The number of aromatic nitrogens is 3. The lowest BCUT2D eigenvalue weighted by atomic mass is 10.2. The Labute approximate surface area is 156 Å². The summed E-state index contributed by atoms with van der Waals surface area (Å²) >= 11 is 0. The number of anilines is 3. The molecule has 136 valence electrons. The minimum atomic E-state index is -0.258. The maximum Gasteiger partial charge on any atom is 0.254 e. The van der Waals surface area contributed by atoms with Crippen molar-refractivity contribution in [3.63, 3.8) is 0 Å². The molecule has 2 aromatic heterocycles. The number of carbonyl (C=O) groups is 2. The van der Waals surface area contributed by atoms with Crippen molar-refractivity contribution in [1.82, 2.24) is 20.3 Å². The molecule has 0 unspecified atom stereocenters. The van der Waals surface area contributed by atoms with Gasteiger partial charge in [-0.05, 0) is 35.9 Å². The highest BCUT2D eigenvalue weighted by molar-refractivity contribution is 5.93. The van der Waals surface area contributed by atoms with Crippen molar-refractivity contribution in [3.8, 4) is 0 Å². The Kier molecular flexibility index (Phi) is 5.68. The molecule has 0 radical (unpaired) electrons. The molecule has 3 rings (SSSR count). The number of rotatable bonds is 6. The number of amides is 2. The van der Waals surface area contributed by atoms with Crippen molar-refractivity contribution in [3.05, 3.63) is 72.3 Å². The van der Waals surface area contributed by atoms with E-state index >= 15 is 0 Å². The van der Waals surface area contributed by atoms with Gasteiger partial charge in [-0.25, -0.2) is 9.97 Å². The van der Waals surface area contributed by atoms with Gasteiger partial charge in [-0.2, -0.15) is 0 Å². The molecule has 0 saturated heterocycles. The van der Waals surface area contributed by atoms with Crippen LogP contribution in [0.5, 0.6) is 0 Å². The van der Waals surface area contributed by atoms with Crippen molar-refractivity contribution in [2.24, 2.45) is 0 Å². The highest BCUT2D eigenvalue weighted by Gasteiger charge is 2.07. The summed E-state index contributed by atoms with van der Waals surface area (Å²) in [6.45, 7) is 1.85. The summed E-state index contributed by atoms with van der Waals surface area (Å²) in [5.41, 5.74) is 2.70. The van der Waals surface area contributed by atoms with Crippen LogP contribution in [0.2, 0.25) is 0 Å². The molecular weight excluding hydrogens is 344 g/mol. The lowest BCUT2D eigenvalue weighted by Crippen LogP contribution is -2.23. The van der Waals surface area contributed by atoms with Crippen molar-refractivity contribution in [2.75, 3.05) is 10.6 Å². The molecule has 2 heterocycles. The summed E-state index contributed by atoms with van der Waals surface area (Å²) in [6, 6.07) is 10.8. The standard InChI is InChI=1S/C19H18N6O2/c1-13(26)24-16-3-2-4-17(9-16)25-19-22-11-15(12-23-19)18(27)21-10-14-5-7-20-8-6-14/h2-9,11-12H,10H2,1H3,(H,21,27)(H,24,26)(H,22,23,25). The van der Waals surface area contributed by atoms with E-state index in [2.05, 4.69) is 30.9 Å². The largest absolute Gasteiger partial charge is 0.348 e. The van der Waals surface area contributed by atoms with Crippen molar-refractivity contribution in [2.45, 2.75) is 13.5 Å². The average molecular weight is 362 g/mol. The maximum atomic E-state index is 12.2. The topological polar surface area (TPSA) is 109 Å². The molecule has 0 atom stereocenters. The van der Waals surface area contributed by atoms with E-state index in [0.29, 0.717) is 23.7 Å². The fourth-order valence-electron chi connectivity index (χ4n) is 2.30. The molecule has 0 saturated carbocycles. The Morgan fingerprint density at radius 2 is 1.70 bits per heavy atom. The van der Waals surface area contributed by atoms with E-state index in [-0.39, 0.29) is 11.8 Å². The highest BCUT2D eigenvalue weighted by atomic mass is 16.2. The number of pyridine rings is 1. The first kappa shape index (κ1) is 18.0. The van der Waals surface area contributed by atoms with Gasteiger partial charge >= 0.3 is 0 Å². The Hall–Kier alpha value is -3.81. The number of nitrogens with one attached hydrogen (secondary N) is 3. The Morgan fingerprint density at radius 1 is 1.00 bits per heavy atom. The molecule has 3 N–H and O–H groups in total. The van der Waals surface area contributed by atoms with Crippen LogP contribution in [0.3, 0.4) is 0 Å². The molecule has 27 heavy (non-hydrogen) atoms. The van der Waals surface area contributed by atoms with E-state index in [0.717, 1.165) is 11.3 Å². The van der Waals surface area contributed by atoms with Gasteiger partial charge in [0.05, 0.1) is 5.56 Å².